The van der Waals surface area contributed by atoms with Crippen LogP contribution in [0.1, 0.15) is 44.9 Å². The van der Waals surface area contributed by atoms with Crippen molar-refractivity contribution < 1.29 is 28.1 Å². The summed E-state index contributed by atoms with van der Waals surface area (Å²) < 4.78 is 2.30. The van der Waals surface area contributed by atoms with E-state index in [9.17, 15) is 4.79 Å². The van der Waals surface area contributed by atoms with E-state index in [2.05, 4.69) is 3.58 Å². The second-order valence-electron chi connectivity index (χ2n) is 4.45. The van der Waals surface area contributed by atoms with Gasteiger partial charge in [0, 0.05) is 0 Å². The third kappa shape index (κ3) is 1.82. The number of Topliss-reactive ketones (excluding diaryl/α,β-unsaturated/α-hetero) is 1. The van der Waals surface area contributed by atoms with Gasteiger partial charge in [0.1, 0.15) is 0 Å². The fourth-order valence-electron chi connectivity index (χ4n) is 3.07. The van der Waals surface area contributed by atoms with Gasteiger partial charge in [0.05, 0.1) is 0 Å². The van der Waals surface area contributed by atoms with Crippen LogP contribution in [0.5, 0.6) is 0 Å². The van der Waals surface area contributed by atoms with Crippen LogP contribution in [0.15, 0.2) is 9.16 Å². The Kier molecular flexibility index (Phi) is 3.70. The Bertz CT molecular complexity index is 274. The summed E-state index contributed by atoms with van der Waals surface area (Å²) in [6, 6.07) is 0. The second kappa shape index (κ2) is 4.65. The van der Waals surface area contributed by atoms with Gasteiger partial charge in [-0.1, -0.05) is 0 Å². The fraction of sp³-hybridized carbons (Fsp3) is 0.727. The van der Waals surface area contributed by atoms with Gasteiger partial charge < -0.3 is 0 Å². The molecule has 74 valence electrons. The number of ketones is 1. The molecule has 1 atom stereocenters. The maximum absolute atomic E-state index is 12.0. The van der Waals surface area contributed by atoms with Gasteiger partial charge in [0.2, 0.25) is 0 Å². The van der Waals surface area contributed by atoms with Crippen molar-refractivity contribution in [2.75, 3.05) is 0 Å². The summed E-state index contributed by atoms with van der Waals surface area (Å²) in [4.78, 5) is 12.0. The summed E-state index contributed by atoms with van der Waals surface area (Å²) in [7, 11) is 5.97. The molecule has 1 nitrogen and oxygen atoms in total. The molecule has 2 aliphatic rings. The molecule has 0 aromatic rings. The zero-order valence-electron chi connectivity index (χ0n) is 8.52. The number of carbonyl (C=O) groups is 1. The molecule has 2 fully saturated rings. The molecule has 0 radical (unpaired) electrons. The van der Waals surface area contributed by atoms with Crippen molar-refractivity contribution in [2.45, 2.75) is 44.9 Å². The quantitative estimate of drug-likeness (QED) is 0.618. The molecule has 0 aromatic heterocycles. The molecule has 0 aliphatic heterocycles. The minimum absolute atomic E-state index is 0.00681. The maximum atomic E-state index is 12.0. The van der Waals surface area contributed by atoms with Gasteiger partial charge in [0.25, 0.3) is 0 Å². The molecule has 0 heterocycles. The van der Waals surface area contributed by atoms with Crippen LogP contribution in [0.25, 0.3) is 0 Å². The first-order chi connectivity index (χ1) is 6.79. The Hall–Kier alpha value is 0.635. The van der Waals surface area contributed by atoms with Gasteiger partial charge in [-0.2, -0.15) is 0 Å². The predicted octanol–water partition coefficient (Wildman–Crippen LogP) is 3.42. The van der Waals surface area contributed by atoms with E-state index >= 15 is 0 Å². The monoisotopic (exact) mass is 400 g/mol. The normalized spacial score (nSPS) is 35.2. The van der Waals surface area contributed by atoms with Crippen molar-refractivity contribution in [3.8, 4) is 0 Å². The van der Waals surface area contributed by atoms with E-state index in [1.54, 1.807) is 0 Å². The van der Waals surface area contributed by atoms with Crippen LogP contribution < -0.4 is 0 Å². The van der Waals surface area contributed by atoms with Crippen LogP contribution in [0, 0.1) is 5.41 Å². The molecule has 0 unspecified atom stereocenters. The number of hydrogen-bond acceptors (Lipinski definition) is 1. The van der Waals surface area contributed by atoms with Gasteiger partial charge in [-0.05, 0) is 0 Å². The number of hydrogen-bond donors (Lipinski definition) is 0. The Balaban J connectivity index is 2.27. The zero-order chi connectivity index (χ0) is 10.0. The second-order valence-corrected chi connectivity index (χ2v) is 9.94. The van der Waals surface area contributed by atoms with Crippen LogP contribution in [-0.4, -0.2) is 5.78 Å². The van der Waals surface area contributed by atoms with Crippen LogP contribution in [0.3, 0.4) is 0 Å². The number of allylic oxidation sites excluding steroid dienone is 1. The summed E-state index contributed by atoms with van der Waals surface area (Å²) in [6.45, 7) is 0. The van der Waals surface area contributed by atoms with Crippen molar-refractivity contribution >= 4 is 14.0 Å². The molecule has 0 N–H and O–H groups in total. The summed E-state index contributed by atoms with van der Waals surface area (Å²) >= 11 is -1.22. The first kappa shape index (κ1) is 11.1. The number of halogens is 1. The van der Waals surface area contributed by atoms with Gasteiger partial charge in [0.15, 0.2) is 0 Å². The molecule has 0 aromatic carbocycles. The van der Waals surface area contributed by atoms with Crippen molar-refractivity contribution in [2.24, 2.45) is 5.41 Å². The van der Waals surface area contributed by atoms with Crippen LogP contribution in [-0.2, 0) is 28.1 Å². The van der Waals surface area contributed by atoms with E-state index in [0.29, 0.717) is 5.78 Å². The Labute approximate surface area is 101 Å². The van der Waals surface area contributed by atoms with Gasteiger partial charge in [-0.25, -0.2) is 0 Å². The van der Waals surface area contributed by atoms with Crippen molar-refractivity contribution in [1.29, 1.82) is 0 Å². The van der Waals surface area contributed by atoms with Crippen LogP contribution >= 0.6 is 8.25 Å². The molecular weight excluding hydrogens is 384 g/mol. The molecule has 0 saturated heterocycles. The van der Waals surface area contributed by atoms with E-state index in [-0.39, 0.29) is 5.41 Å². The van der Waals surface area contributed by atoms with E-state index in [4.69, 9.17) is 8.25 Å². The van der Waals surface area contributed by atoms with Crippen LogP contribution in [0.2, 0.25) is 0 Å². The van der Waals surface area contributed by atoms with E-state index < -0.39 is 23.3 Å². The molecule has 2 saturated carbocycles. The first-order valence-corrected chi connectivity index (χ1v) is 15.5. The molecule has 2 aliphatic carbocycles. The van der Waals surface area contributed by atoms with Gasteiger partial charge in [-0.15, -0.1) is 0 Å². The predicted molar refractivity (Wildman–Crippen MR) is 53.7 cm³/mol. The molecule has 3 heteroatoms. The minimum atomic E-state index is -1.22. The summed E-state index contributed by atoms with van der Waals surface area (Å²) in [5.74, 6) is 0.519. The average molecular weight is 399 g/mol. The molecule has 0 bridgehead atoms. The number of rotatable bonds is 1. The Morgan fingerprint density at radius 2 is 2.00 bits per heavy atom. The number of carbonyl (C=O) groups excluding carboxylic acids is 1. The Morgan fingerprint density at radius 3 is 2.71 bits per heavy atom. The molecule has 2 rings (SSSR count). The summed E-state index contributed by atoms with van der Waals surface area (Å²) in [5, 5.41) is 0. The standard InChI is InChI=1S/C11H15O.ClH.Hg/c1-9-5-4-8-11(9)7-3-2-6-10(11)12;;/h1H,2-8H2;1H;/q;;+1/p-1/t11-;;/m0../s1. The van der Waals surface area contributed by atoms with Gasteiger partial charge >= 0.3 is 102 Å². The third-order valence-corrected chi connectivity index (χ3v) is 7.65. The topological polar surface area (TPSA) is 17.1 Å². The zero-order valence-corrected chi connectivity index (χ0v) is 14.8. The summed E-state index contributed by atoms with van der Waals surface area (Å²) in [6.07, 6.45) is 7.75. The molecule has 0 amide bonds. The first-order valence-electron chi connectivity index (χ1n) is 5.58. The third-order valence-electron chi connectivity index (χ3n) is 3.78. The molecule has 1 spiro atoms. The summed E-state index contributed by atoms with van der Waals surface area (Å²) in [5.41, 5.74) is 1.44. The SMILES string of the molecule is O=C1CCCC[C@@]12CCC/C2=[CH]\[Hg][Cl]. The average Bonchev–Trinajstić information content (AvgIpc) is 2.57. The van der Waals surface area contributed by atoms with E-state index in [1.165, 1.54) is 18.4 Å². The van der Waals surface area contributed by atoms with Gasteiger partial charge in [-0.3, -0.25) is 0 Å². The van der Waals surface area contributed by atoms with Crippen LogP contribution in [0.4, 0.5) is 0 Å². The molecular formula is C11H15ClHgO. The van der Waals surface area contributed by atoms with Crippen molar-refractivity contribution in [1.82, 2.24) is 0 Å². The van der Waals surface area contributed by atoms with E-state index in [1.807, 2.05) is 0 Å². The van der Waals surface area contributed by atoms with Crippen molar-refractivity contribution in [3.05, 3.63) is 9.16 Å². The Morgan fingerprint density at radius 1 is 1.21 bits per heavy atom. The molecule has 14 heavy (non-hydrogen) atoms. The van der Waals surface area contributed by atoms with Crippen molar-refractivity contribution in [3.63, 3.8) is 0 Å². The fourth-order valence-corrected chi connectivity index (χ4v) is 7.74. The van der Waals surface area contributed by atoms with E-state index in [0.717, 1.165) is 32.1 Å².